The Morgan fingerprint density at radius 3 is 2.67 bits per heavy atom. The number of benzene rings is 3. The maximum Gasteiger partial charge on any atom is 0.251 e. The van der Waals surface area contributed by atoms with Crippen molar-refractivity contribution >= 4 is 17.4 Å². The van der Waals surface area contributed by atoms with Gasteiger partial charge >= 0.3 is 0 Å². The van der Waals surface area contributed by atoms with Gasteiger partial charge in [-0.15, -0.1) is 0 Å². The highest BCUT2D eigenvalue weighted by Crippen LogP contribution is 2.30. The van der Waals surface area contributed by atoms with E-state index < -0.39 is 0 Å². The molecule has 1 amide bonds. The molecule has 4 aromatic rings. The molecule has 5 nitrogen and oxygen atoms in total. The average Bonchev–Trinajstić information content (AvgIpc) is 2.85. The fourth-order valence-corrected chi connectivity index (χ4v) is 4.24. The molecule has 1 atom stereocenters. The van der Waals surface area contributed by atoms with Gasteiger partial charge in [0.2, 0.25) is 0 Å². The van der Waals surface area contributed by atoms with Gasteiger partial charge in [-0.25, -0.2) is 14.4 Å². The molecule has 0 bridgehead atoms. The second-order valence-corrected chi connectivity index (χ2v) is 8.12. The number of rotatable bonds is 5. The van der Waals surface area contributed by atoms with Crippen LogP contribution in [0.4, 0.5) is 15.9 Å². The molecule has 0 aliphatic heterocycles. The Bertz CT molecular complexity index is 1290. The minimum Gasteiger partial charge on any atom is -0.345 e. The predicted octanol–water partition coefficient (Wildman–Crippen LogP) is 5.83. The molecule has 33 heavy (non-hydrogen) atoms. The van der Waals surface area contributed by atoms with Crippen molar-refractivity contribution in [3.63, 3.8) is 0 Å². The Morgan fingerprint density at radius 1 is 0.939 bits per heavy atom. The average molecular weight is 439 g/mol. The molecular weight excluding hydrogens is 415 g/mol. The van der Waals surface area contributed by atoms with Gasteiger partial charge in [0.1, 0.15) is 18.0 Å². The van der Waals surface area contributed by atoms with Gasteiger partial charge in [0, 0.05) is 22.9 Å². The van der Waals surface area contributed by atoms with Crippen LogP contribution in [0.5, 0.6) is 0 Å². The van der Waals surface area contributed by atoms with Crippen LogP contribution in [0.2, 0.25) is 0 Å². The molecule has 0 saturated carbocycles. The van der Waals surface area contributed by atoms with Gasteiger partial charge in [0.15, 0.2) is 0 Å². The van der Waals surface area contributed by atoms with Gasteiger partial charge in [-0.3, -0.25) is 4.79 Å². The molecular formula is C27H23FN4O. The molecule has 6 heteroatoms. The van der Waals surface area contributed by atoms with Gasteiger partial charge in [-0.2, -0.15) is 0 Å². The highest BCUT2D eigenvalue weighted by atomic mass is 19.1. The number of carbonyl (C=O) groups excluding carboxylic acids is 1. The summed E-state index contributed by atoms with van der Waals surface area (Å²) in [7, 11) is 0. The number of nitrogens with one attached hydrogen (secondary N) is 2. The number of hydrogen-bond acceptors (Lipinski definition) is 4. The van der Waals surface area contributed by atoms with Crippen LogP contribution in [-0.2, 0) is 6.42 Å². The van der Waals surface area contributed by atoms with Crippen molar-refractivity contribution in [1.29, 1.82) is 0 Å². The number of halogens is 1. The zero-order valence-electron chi connectivity index (χ0n) is 18.0. The molecule has 0 spiro atoms. The van der Waals surface area contributed by atoms with Crippen LogP contribution in [0, 0.1) is 5.82 Å². The molecule has 164 valence electrons. The summed E-state index contributed by atoms with van der Waals surface area (Å²) in [5.74, 6) is 0.191. The number of aromatic nitrogens is 2. The molecule has 1 heterocycles. The lowest BCUT2D eigenvalue weighted by atomic mass is 9.87. The predicted molar refractivity (Wildman–Crippen MR) is 127 cm³/mol. The maximum absolute atomic E-state index is 13.2. The molecule has 2 N–H and O–H groups in total. The number of carbonyl (C=O) groups is 1. The highest BCUT2D eigenvalue weighted by Gasteiger charge is 2.22. The third kappa shape index (κ3) is 4.75. The largest absolute Gasteiger partial charge is 0.345 e. The lowest BCUT2D eigenvalue weighted by Gasteiger charge is -2.26. The Labute approximate surface area is 191 Å². The molecule has 1 aliphatic carbocycles. The summed E-state index contributed by atoms with van der Waals surface area (Å²) in [6.45, 7) is 0. The summed E-state index contributed by atoms with van der Waals surface area (Å²) in [5.41, 5.74) is 5.32. The first-order valence-corrected chi connectivity index (χ1v) is 11.0. The van der Waals surface area contributed by atoms with E-state index in [2.05, 4.69) is 32.7 Å². The Morgan fingerprint density at radius 2 is 1.79 bits per heavy atom. The quantitative estimate of drug-likeness (QED) is 0.411. The van der Waals surface area contributed by atoms with Crippen LogP contribution in [0.1, 0.15) is 40.4 Å². The number of fused-ring (bicyclic) bond motifs is 1. The van der Waals surface area contributed by atoms with Gasteiger partial charge in [-0.05, 0) is 72.9 Å². The van der Waals surface area contributed by atoms with Gasteiger partial charge in [0.25, 0.3) is 5.91 Å². The van der Waals surface area contributed by atoms with E-state index in [9.17, 15) is 9.18 Å². The highest BCUT2D eigenvalue weighted by molar-refractivity contribution is 5.95. The van der Waals surface area contributed by atoms with E-state index in [0.717, 1.165) is 30.5 Å². The standard InChI is InChI=1S/C27H23FN4O/c28-21-13-11-19(12-14-21)25-16-26(30-17-29-25)31-22-8-3-7-20(15-22)27(33)32-24-10-4-6-18-5-1-2-9-23(18)24/h1-3,5,7-9,11-17,24H,4,6,10H2,(H,32,33)(H,29,30,31)/t24-/m1/s1. The van der Waals surface area contributed by atoms with Gasteiger partial charge in [0.05, 0.1) is 11.7 Å². The SMILES string of the molecule is O=C(N[C@@H]1CCCc2ccccc21)c1cccc(Nc2cc(-c3ccc(F)cc3)ncn2)c1. The molecule has 5 rings (SSSR count). The van der Waals surface area contributed by atoms with Crippen LogP contribution in [0.15, 0.2) is 85.2 Å². The summed E-state index contributed by atoms with van der Waals surface area (Å²) in [6.07, 6.45) is 4.51. The van der Waals surface area contributed by atoms with E-state index in [-0.39, 0.29) is 17.8 Å². The van der Waals surface area contributed by atoms with Gasteiger partial charge < -0.3 is 10.6 Å². The van der Waals surface area contributed by atoms with E-state index in [0.29, 0.717) is 17.1 Å². The first-order valence-electron chi connectivity index (χ1n) is 11.0. The summed E-state index contributed by atoms with van der Waals surface area (Å²) in [4.78, 5) is 21.5. The minimum atomic E-state index is -0.294. The molecule has 0 saturated heterocycles. The summed E-state index contributed by atoms with van der Waals surface area (Å²) < 4.78 is 13.2. The lowest BCUT2D eigenvalue weighted by Crippen LogP contribution is -2.31. The fourth-order valence-electron chi connectivity index (χ4n) is 4.24. The van der Waals surface area contributed by atoms with Crippen molar-refractivity contribution < 1.29 is 9.18 Å². The van der Waals surface area contributed by atoms with Crippen LogP contribution < -0.4 is 10.6 Å². The Kier molecular flexibility index (Phi) is 5.81. The number of hydrogen-bond donors (Lipinski definition) is 2. The van der Waals surface area contributed by atoms with E-state index in [4.69, 9.17) is 0 Å². The van der Waals surface area contributed by atoms with Crippen molar-refractivity contribution in [3.8, 4) is 11.3 Å². The molecule has 0 fully saturated rings. The molecule has 1 aromatic heterocycles. The van der Waals surface area contributed by atoms with Crippen LogP contribution in [-0.4, -0.2) is 15.9 Å². The smallest absolute Gasteiger partial charge is 0.251 e. The Balaban J connectivity index is 1.31. The first kappa shape index (κ1) is 20.8. The zero-order valence-corrected chi connectivity index (χ0v) is 18.0. The molecule has 1 aliphatic rings. The Hall–Kier alpha value is -4.06. The summed E-state index contributed by atoms with van der Waals surface area (Å²) >= 11 is 0. The van der Waals surface area contributed by atoms with Crippen molar-refractivity contribution in [2.75, 3.05) is 5.32 Å². The second kappa shape index (κ2) is 9.20. The van der Waals surface area contributed by atoms with E-state index in [1.807, 2.05) is 30.3 Å². The molecule has 0 radical (unpaired) electrons. The van der Waals surface area contributed by atoms with Crippen LogP contribution in [0.3, 0.4) is 0 Å². The third-order valence-electron chi connectivity index (χ3n) is 5.88. The molecule has 3 aromatic carbocycles. The van der Waals surface area contributed by atoms with Crippen molar-refractivity contribution in [3.05, 3.63) is 108 Å². The van der Waals surface area contributed by atoms with Crippen molar-refractivity contribution in [1.82, 2.24) is 15.3 Å². The van der Waals surface area contributed by atoms with E-state index >= 15 is 0 Å². The zero-order chi connectivity index (χ0) is 22.6. The van der Waals surface area contributed by atoms with Crippen molar-refractivity contribution in [2.24, 2.45) is 0 Å². The van der Waals surface area contributed by atoms with Gasteiger partial charge in [-0.1, -0.05) is 30.3 Å². The summed E-state index contributed by atoms with van der Waals surface area (Å²) in [6, 6.07) is 23.6. The number of anilines is 2. The van der Waals surface area contributed by atoms with E-state index in [1.165, 1.54) is 29.6 Å². The normalized spacial score (nSPS) is 14.9. The fraction of sp³-hybridized carbons (Fsp3) is 0.148. The van der Waals surface area contributed by atoms with Crippen LogP contribution in [0.25, 0.3) is 11.3 Å². The van der Waals surface area contributed by atoms with Crippen LogP contribution >= 0.6 is 0 Å². The summed E-state index contributed by atoms with van der Waals surface area (Å²) in [5, 5.41) is 6.43. The molecule has 0 unspecified atom stereocenters. The monoisotopic (exact) mass is 438 g/mol. The van der Waals surface area contributed by atoms with Crippen molar-refractivity contribution in [2.45, 2.75) is 25.3 Å². The number of amides is 1. The maximum atomic E-state index is 13.2. The van der Waals surface area contributed by atoms with E-state index in [1.54, 1.807) is 24.3 Å². The minimum absolute atomic E-state index is 0.0270. The third-order valence-corrected chi connectivity index (χ3v) is 5.88. The number of aryl methyl sites for hydroxylation is 1. The first-order chi connectivity index (χ1) is 16.2. The lowest BCUT2D eigenvalue weighted by molar-refractivity contribution is 0.0933. The second-order valence-electron chi connectivity index (χ2n) is 8.12. The number of nitrogens with zero attached hydrogens (tertiary/aromatic N) is 2. The topological polar surface area (TPSA) is 66.9 Å².